The zero-order valence-corrected chi connectivity index (χ0v) is 27.4. The fourth-order valence-electron chi connectivity index (χ4n) is 11.1. The van der Waals surface area contributed by atoms with Gasteiger partial charge >= 0.3 is 0 Å². The van der Waals surface area contributed by atoms with Crippen molar-refractivity contribution in [3.05, 3.63) is 35.9 Å². The number of rotatable bonds is 10. The maximum Gasteiger partial charge on any atom is 0.266 e. The smallest absolute Gasteiger partial charge is 0.266 e. The molecule has 4 N–H and O–H groups in total. The summed E-state index contributed by atoms with van der Waals surface area (Å²) in [7, 11) is -4.24. The Morgan fingerprint density at radius 1 is 1.00 bits per heavy atom. The number of nitrogens with one attached hydrogen (secondary N) is 1. The van der Waals surface area contributed by atoms with Gasteiger partial charge in [0.2, 0.25) is 5.91 Å². The first-order valence-electron chi connectivity index (χ1n) is 16.9. The van der Waals surface area contributed by atoms with Crippen LogP contribution in [-0.2, 0) is 21.3 Å². The number of amides is 1. The highest BCUT2D eigenvalue weighted by molar-refractivity contribution is 7.85. The van der Waals surface area contributed by atoms with Gasteiger partial charge in [0.15, 0.2) is 0 Å². The van der Waals surface area contributed by atoms with Crippen LogP contribution in [0.3, 0.4) is 0 Å². The van der Waals surface area contributed by atoms with Gasteiger partial charge in [-0.05, 0) is 116 Å². The Morgan fingerprint density at radius 2 is 1.67 bits per heavy atom. The molecule has 1 aromatic rings. The Labute approximate surface area is 259 Å². The molecule has 1 amide bonds. The van der Waals surface area contributed by atoms with E-state index in [9.17, 15) is 28.0 Å². The predicted molar refractivity (Wildman–Crippen MR) is 169 cm³/mol. The number of carbonyl (C=O) groups excluding carboxylic acids is 1. The first-order valence-corrected chi connectivity index (χ1v) is 18.5. The zero-order valence-electron chi connectivity index (χ0n) is 26.6. The lowest BCUT2D eigenvalue weighted by Gasteiger charge is -2.64. The average molecular weight is 618 g/mol. The van der Waals surface area contributed by atoms with Crippen LogP contribution in [0.5, 0.6) is 0 Å². The van der Waals surface area contributed by atoms with Crippen molar-refractivity contribution in [2.45, 2.75) is 117 Å². The number of benzene rings is 1. The standard InChI is InChI=1S/C35H55NO6S/c1-5-26-30-20-25(37)15-17-35(30,4)29-16-18-34(3)27(12-13-28(34)32(29)33(26)39)22(2)11-14-31(38)36-24(21-43(40,41)42)19-23-9-7-6-8-10-23/h6-10,22,24-30,32-33,37,39H,5,11-21H2,1-4H3,(H,36,38)(H,40,41,42)/t22-,24+,25-,26-,27-,28+,29+,30+,32+,33-,34-,35-/m1/s1. The van der Waals surface area contributed by atoms with Crippen LogP contribution in [0, 0.1) is 52.3 Å². The summed E-state index contributed by atoms with van der Waals surface area (Å²) >= 11 is 0. The highest BCUT2D eigenvalue weighted by Crippen LogP contribution is 2.69. The highest BCUT2D eigenvalue weighted by atomic mass is 32.2. The van der Waals surface area contributed by atoms with Gasteiger partial charge < -0.3 is 15.5 Å². The fourth-order valence-corrected chi connectivity index (χ4v) is 11.8. The van der Waals surface area contributed by atoms with Gasteiger partial charge in [-0.25, -0.2) is 0 Å². The Hall–Kier alpha value is -1.48. The summed E-state index contributed by atoms with van der Waals surface area (Å²) in [5.74, 6) is 2.06. The summed E-state index contributed by atoms with van der Waals surface area (Å²) < 4.78 is 32.8. The Bertz CT molecular complexity index is 1220. The Morgan fingerprint density at radius 3 is 2.35 bits per heavy atom. The molecule has 7 nitrogen and oxygen atoms in total. The summed E-state index contributed by atoms with van der Waals surface area (Å²) in [4.78, 5) is 13.1. The second-order valence-corrected chi connectivity index (χ2v) is 16.8. The van der Waals surface area contributed by atoms with E-state index in [-0.39, 0.29) is 34.9 Å². The van der Waals surface area contributed by atoms with E-state index in [1.807, 2.05) is 30.3 Å². The lowest BCUT2D eigenvalue weighted by atomic mass is 9.41. The van der Waals surface area contributed by atoms with Crippen molar-refractivity contribution in [1.82, 2.24) is 5.32 Å². The van der Waals surface area contributed by atoms with Gasteiger partial charge in [0.1, 0.15) is 0 Å². The molecular formula is C35H55NO6S. The molecule has 0 aromatic heterocycles. The van der Waals surface area contributed by atoms with Crippen LogP contribution in [0.4, 0.5) is 0 Å². The van der Waals surface area contributed by atoms with Crippen LogP contribution in [-0.4, -0.2) is 53.1 Å². The van der Waals surface area contributed by atoms with Crippen LogP contribution in [0.25, 0.3) is 0 Å². The Kier molecular flexibility index (Phi) is 9.74. The molecule has 0 aliphatic heterocycles. The minimum absolute atomic E-state index is 0.133. The summed E-state index contributed by atoms with van der Waals surface area (Å²) in [5.41, 5.74) is 1.23. The van der Waals surface area contributed by atoms with E-state index in [0.29, 0.717) is 48.3 Å². The SMILES string of the molecule is CC[C@H]1[C@@H](O)[C@@H]2[C@H](CC[C@]3(C)[C@@H]([C@H](C)CCC(=O)N[C@@H](Cc4ccccc4)CS(=O)(=O)O)CC[C@@H]23)[C@@]2(C)CC[C@@H](O)C[C@@H]12. The van der Waals surface area contributed by atoms with Crippen molar-refractivity contribution < 1.29 is 28.0 Å². The minimum Gasteiger partial charge on any atom is -0.393 e. The predicted octanol–water partition coefficient (Wildman–Crippen LogP) is 5.64. The third-order valence-corrected chi connectivity index (χ3v) is 13.9. The van der Waals surface area contributed by atoms with Crippen molar-refractivity contribution in [2.24, 2.45) is 52.3 Å². The molecule has 4 saturated carbocycles. The van der Waals surface area contributed by atoms with Crippen molar-refractivity contribution in [1.29, 1.82) is 0 Å². The molecule has 4 fully saturated rings. The molecule has 4 aliphatic carbocycles. The molecule has 12 atom stereocenters. The zero-order chi connectivity index (χ0) is 31.2. The maximum atomic E-state index is 13.1. The molecular weight excluding hydrogens is 562 g/mol. The molecule has 0 saturated heterocycles. The molecule has 0 heterocycles. The molecule has 4 aliphatic rings. The molecule has 0 spiro atoms. The second-order valence-electron chi connectivity index (χ2n) is 15.3. The molecule has 0 bridgehead atoms. The molecule has 0 unspecified atom stereocenters. The van der Waals surface area contributed by atoms with E-state index in [2.05, 4.69) is 33.0 Å². The fraction of sp³-hybridized carbons (Fsp3) is 0.800. The molecule has 43 heavy (non-hydrogen) atoms. The third kappa shape index (κ3) is 6.59. The first-order chi connectivity index (χ1) is 20.3. The largest absolute Gasteiger partial charge is 0.393 e. The van der Waals surface area contributed by atoms with Crippen LogP contribution < -0.4 is 5.32 Å². The van der Waals surface area contributed by atoms with Crippen molar-refractivity contribution in [2.75, 3.05) is 5.75 Å². The number of carbonyl (C=O) groups is 1. The van der Waals surface area contributed by atoms with Crippen molar-refractivity contribution >= 4 is 16.0 Å². The van der Waals surface area contributed by atoms with E-state index in [1.54, 1.807) is 0 Å². The normalized spacial score (nSPS) is 40.5. The lowest BCUT2D eigenvalue weighted by Crippen LogP contribution is -2.62. The third-order valence-electron chi connectivity index (χ3n) is 13.1. The topological polar surface area (TPSA) is 124 Å². The van der Waals surface area contributed by atoms with Gasteiger partial charge in [-0.3, -0.25) is 9.35 Å². The molecule has 1 aromatic carbocycles. The van der Waals surface area contributed by atoms with Crippen LogP contribution >= 0.6 is 0 Å². The van der Waals surface area contributed by atoms with Crippen LogP contribution in [0.2, 0.25) is 0 Å². The molecule has 5 rings (SSSR count). The van der Waals surface area contributed by atoms with Crippen LogP contribution in [0.15, 0.2) is 30.3 Å². The van der Waals surface area contributed by atoms with Gasteiger partial charge in [-0.2, -0.15) is 8.42 Å². The number of aliphatic hydroxyl groups excluding tert-OH is 2. The molecule has 0 radical (unpaired) electrons. The van der Waals surface area contributed by atoms with Crippen LogP contribution in [0.1, 0.15) is 97.5 Å². The van der Waals surface area contributed by atoms with Crippen molar-refractivity contribution in [3.8, 4) is 0 Å². The maximum absolute atomic E-state index is 13.1. The molecule has 8 heteroatoms. The van der Waals surface area contributed by atoms with Gasteiger partial charge in [-0.1, -0.05) is 64.4 Å². The number of aliphatic hydroxyl groups is 2. The minimum atomic E-state index is -4.24. The second kappa shape index (κ2) is 12.7. The van der Waals surface area contributed by atoms with Crippen molar-refractivity contribution in [3.63, 3.8) is 0 Å². The van der Waals surface area contributed by atoms with E-state index in [4.69, 9.17) is 0 Å². The van der Waals surface area contributed by atoms with E-state index >= 15 is 0 Å². The lowest BCUT2D eigenvalue weighted by molar-refractivity contribution is -0.203. The Balaban J connectivity index is 1.24. The summed E-state index contributed by atoms with van der Waals surface area (Å²) in [6, 6.07) is 8.73. The van der Waals surface area contributed by atoms with E-state index in [0.717, 1.165) is 63.4 Å². The van der Waals surface area contributed by atoms with E-state index in [1.165, 1.54) is 0 Å². The number of fused-ring (bicyclic) bond motifs is 5. The summed E-state index contributed by atoms with van der Waals surface area (Å²) in [5, 5.41) is 25.4. The van der Waals surface area contributed by atoms with Gasteiger partial charge in [0.05, 0.1) is 18.0 Å². The first kappa shape index (κ1) is 32.9. The van der Waals surface area contributed by atoms with Gasteiger partial charge in [0, 0.05) is 12.5 Å². The quantitative estimate of drug-likeness (QED) is 0.252. The summed E-state index contributed by atoms with van der Waals surface area (Å²) in [6.07, 6.45) is 9.11. The average Bonchev–Trinajstić information content (AvgIpc) is 3.30. The number of hydrogen-bond donors (Lipinski definition) is 4. The highest BCUT2D eigenvalue weighted by Gasteiger charge is 2.64. The summed E-state index contributed by atoms with van der Waals surface area (Å²) in [6.45, 7) is 9.40. The molecule has 242 valence electrons. The van der Waals surface area contributed by atoms with E-state index < -0.39 is 21.9 Å². The van der Waals surface area contributed by atoms with Gasteiger partial charge in [0.25, 0.3) is 10.1 Å². The number of hydrogen-bond acceptors (Lipinski definition) is 5. The monoisotopic (exact) mass is 617 g/mol. The van der Waals surface area contributed by atoms with Gasteiger partial charge in [-0.15, -0.1) is 0 Å².